The van der Waals surface area contributed by atoms with Gasteiger partial charge in [0.25, 0.3) is 0 Å². The summed E-state index contributed by atoms with van der Waals surface area (Å²) in [6, 6.07) is 0. The molecule has 2 heteroatoms. The molecule has 2 atom stereocenters. The minimum atomic E-state index is -0.551. The van der Waals surface area contributed by atoms with Gasteiger partial charge in [-0.05, 0) is 25.2 Å². The van der Waals surface area contributed by atoms with E-state index in [2.05, 4.69) is 0 Å². The van der Waals surface area contributed by atoms with Crippen LogP contribution in [0.25, 0.3) is 0 Å². The molecule has 0 bridgehead atoms. The lowest BCUT2D eigenvalue weighted by molar-refractivity contribution is -0.143. The number of rotatable bonds is 1. The number of hydrogen-bond acceptors (Lipinski definition) is 1. The van der Waals surface area contributed by atoms with Gasteiger partial charge in [-0.15, -0.1) is 0 Å². The van der Waals surface area contributed by atoms with Crippen LogP contribution in [0.2, 0.25) is 0 Å². The number of hydrogen-bond donors (Lipinski definition) is 1. The van der Waals surface area contributed by atoms with Crippen molar-refractivity contribution in [2.75, 3.05) is 0 Å². The van der Waals surface area contributed by atoms with Crippen molar-refractivity contribution in [2.24, 2.45) is 11.3 Å². The third kappa shape index (κ3) is 0.485. The first-order chi connectivity index (χ1) is 4.26. The summed E-state index contributed by atoms with van der Waals surface area (Å²) in [4.78, 5) is 10.6. The Balaban J connectivity index is 2.19. The van der Waals surface area contributed by atoms with E-state index in [1.54, 1.807) is 0 Å². The molecule has 0 aromatic rings. The average molecular weight is 126 g/mol. The van der Waals surface area contributed by atoms with E-state index in [-0.39, 0.29) is 5.41 Å². The lowest BCUT2D eigenvalue weighted by atomic mass is 10.1. The number of carboxylic acids is 1. The fraction of sp³-hybridized carbons (Fsp3) is 0.857. The van der Waals surface area contributed by atoms with Gasteiger partial charge < -0.3 is 5.11 Å². The lowest BCUT2D eigenvalue weighted by Gasteiger charge is -2.01. The van der Waals surface area contributed by atoms with Crippen LogP contribution in [-0.2, 0) is 4.79 Å². The summed E-state index contributed by atoms with van der Waals surface area (Å²) in [6.45, 7) is 0. The third-order valence-corrected chi connectivity index (χ3v) is 2.83. The van der Waals surface area contributed by atoms with Crippen molar-refractivity contribution >= 4 is 5.97 Å². The molecule has 0 radical (unpaired) electrons. The topological polar surface area (TPSA) is 37.3 Å². The highest BCUT2D eigenvalue weighted by atomic mass is 16.4. The van der Waals surface area contributed by atoms with Crippen LogP contribution in [0.1, 0.15) is 25.7 Å². The average Bonchev–Trinajstić information content (AvgIpc) is 2.38. The van der Waals surface area contributed by atoms with Crippen LogP contribution in [0.15, 0.2) is 0 Å². The van der Waals surface area contributed by atoms with Crippen LogP contribution in [0.5, 0.6) is 0 Å². The molecule has 2 saturated carbocycles. The second-order valence-electron chi connectivity index (χ2n) is 3.25. The van der Waals surface area contributed by atoms with Gasteiger partial charge in [0, 0.05) is 0 Å². The third-order valence-electron chi connectivity index (χ3n) is 2.83. The summed E-state index contributed by atoms with van der Waals surface area (Å²) < 4.78 is 0. The van der Waals surface area contributed by atoms with Gasteiger partial charge in [-0.1, -0.05) is 6.42 Å². The summed E-state index contributed by atoms with van der Waals surface area (Å²) in [5, 5.41) is 8.71. The van der Waals surface area contributed by atoms with Crippen molar-refractivity contribution in [1.29, 1.82) is 0 Å². The Morgan fingerprint density at radius 1 is 1.67 bits per heavy atom. The van der Waals surface area contributed by atoms with E-state index in [0.717, 1.165) is 25.7 Å². The van der Waals surface area contributed by atoms with Crippen LogP contribution >= 0.6 is 0 Å². The van der Waals surface area contributed by atoms with Gasteiger partial charge in [0.05, 0.1) is 5.41 Å². The molecule has 0 amide bonds. The van der Waals surface area contributed by atoms with E-state index in [0.29, 0.717) is 5.92 Å². The zero-order valence-corrected chi connectivity index (χ0v) is 5.26. The van der Waals surface area contributed by atoms with Gasteiger partial charge in [0.2, 0.25) is 0 Å². The van der Waals surface area contributed by atoms with Crippen LogP contribution in [0.4, 0.5) is 0 Å². The monoisotopic (exact) mass is 126 g/mol. The van der Waals surface area contributed by atoms with Crippen molar-refractivity contribution in [1.82, 2.24) is 0 Å². The van der Waals surface area contributed by atoms with E-state index in [1.807, 2.05) is 0 Å². The van der Waals surface area contributed by atoms with Gasteiger partial charge in [-0.2, -0.15) is 0 Å². The zero-order chi connectivity index (χ0) is 6.48. The summed E-state index contributed by atoms with van der Waals surface area (Å²) in [5.41, 5.74) is -0.222. The van der Waals surface area contributed by atoms with Crippen LogP contribution in [0, 0.1) is 11.3 Å². The first-order valence-electron chi connectivity index (χ1n) is 3.49. The molecule has 2 fully saturated rings. The van der Waals surface area contributed by atoms with E-state index in [4.69, 9.17) is 5.11 Å². The van der Waals surface area contributed by atoms with E-state index >= 15 is 0 Å². The molecule has 0 spiro atoms. The maximum Gasteiger partial charge on any atom is 0.309 e. The molecule has 0 aliphatic heterocycles. The standard InChI is InChI=1S/C7H10O2/c8-6(9)7-3-1-2-5(7)4-7/h5H,1-4H2,(H,8,9)/t5-,7-/m1/s1. The maximum absolute atomic E-state index is 10.6. The molecule has 2 rings (SSSR count). The van der Waals surface area contributed by atoms with Gasteiger partial charge >= 0.3 is 5.97 Å². The Kier molecular flexibility index (Phi) is 0.765. The molecule has 0 unspecified atom stereocenters. The van der Waals surface area contributed by atoms with E-state index in [1.165, 1.54) is 0 Å². The Bertz CT molecular complexity index is 164. The predicted molar refractivity (Wildman–Crippen MR) is 32.0 cm³/mol. The predicted octanol–water partition coefficient (Wildman–Crippen LogP) is 1.26. The fourth-order valence-electron chi connectivity index (χ4n) is 2.10. The summed E-state index contributed by atoms with van der Waals surface area (Å²) in [6.07, 6.45) is 4.19. The molecule has 0 aromatic heterocycles. The highest BCUT2D eigenvalue weighted by molar-refractivity contribution is 5.79. The minimum Gasteiger partial charge on any atom is -0.481 e. The quantitative estimate of drug-likeness (QED) is 0.574. The Morgan fingerprint density at radius 3 is 2.67 bits per heavy atom. The highest BCUT2D eigenvalue weighted by Gasteiger charge is 2.62. The van der Waals surface area contributed by atoms with Crippen molar-refractivity contribution in [3.05, 3.63) is 0 Å². The smallest absolute Gasteiger partial charge is 0.309 e. The van der Waals surface area contributed by atoms with E-state index in [9.17, 15) is 4.79 Å². The molecule has 50 valence electrons. The molecule has 0 saturated heterocycles. The van der Waals surface area contributed by atoms with Crippen LogP contribution in [0.3, 0.4) is 0 Å². The molecule has 0 heterocycles. The fourth-order valence-corrected chi connectivity index (χ4v) is 2.10. The van der Waals surface area contributed by atoms with Crippen molar-refractivity contribution < 1.29 is 9.90 Å². The first-order valence-corrected chi connectivity index (χ1v) is 3.49. The van der Waals surface area contributed by atoms with Gasteiger partial charge in [-0.25, -0.2) is 0 Å². The first kappa shape index (κ1) is 5.27. The highest BCUT2D eigenvalue weighted by Crippen LogP contribution is 2.63. The molecule has 9 heavy (non-hydrogen) atoms. The Morgan fingerprint density at radius 2 is 2.44 bits per heavy atom. The molecule has 2 aliphatic carbocycles. The Hall–Kier alpha value is -0.530. The number of carboxylic acid groups (broad SMARTS) is 1. The molecule has 2 aliphatic rings. The van der Waals surface area contributed by atoms with E-state index < -0.39 is 5.97 Å². The normalized spacial score (nSPS) is 46.4. The molecular weight excluding hydrogens is 116 g/mol. The molecule has 2 nitrogen and oxygen atoms in total. The molecule has 1 N–H and O–H groups in total. The summed E-state index contributed by atoms with van der Waals surface area (Å²) >= 11 is 0. The number of carbonyl (C=O) groups is 1. The zero-order valence-electron chi connectivity index (χ0n) is 5.26. The summed E-state index contributed by atoms with van der Waals surface area (Å²) in [7, 11) is 0. The van der Waals surface area contributed by atoms with Crippen molar-refractivity contribution in [3.63, 3.8) is 0 Å². The Labute approximate surface area is 53.9 Å². The van der Waals surface area contributed by atoms with Gasteiger partial charge in [0.1, 0.15) is 0 Å². The van der Waals surface area contributed by atoms with Gasteiger partial charge in [0.15, 0.2) is 0 Å². The van der Waals surface area contributed by atoms with Crippen molar-refractivity contribution in [2.45, 2.75) is 25.7 Å². The minimum absolute atomic E-state index is 0.222. The van der Waals surface area contributed by atoms with Gasteiger partial charge in [-0.3, -0.25) is 4.79 Å². The largest absolute Gasteiger partial charge is 0.481 e. The van der Waals surface area contributed by atoms with Crippen LogP contribution < -0.4 is 0 Å². The molecule has 0 aromatic carbocycles. The maximum atomic E-state index is 10.6. The second-order valence-corrected chi connectivity index (χ2v) is 3.25. The molecular formula is C7H10O2. The van der Waals surface area contributed by atoms with Crippen LogP contribution in [-0.4, -0.2) is 11.1 Å². The summed E-state index contributed by atoms with van der Waals surface area (Å²) in [5.74, 6) is -0.000000000000000222. The lowest BCUT2D eigenvalue weighted by Crippen LogP contribution is -2.13. The second kappa shape index (κ2) is 1.31. The number of fused-ring (bicyclic) bond motifs is 1. The number of aliphatic carboxylic acids is 1. The van der Waals surface area contributed by atoms with Crippen molar-refractivity contribution in [3.8, 4) is 0 Å². The SMILES string of the molecule is O=C(O)[C@@]12CCC[C@@H]1C2.